The Balaban J connectivity index is 2.08. The van der Waals surface area contributed by atoms with Crippen molar-refractivity contribution < 1.29 is 4.92 Å². The summed E-state index contributed by atoms with van der Waals surface area (Å²) in [5, 5.41) is 20.8. The minimum Gasteiger partial charge on any atom is -0.306 e. The summed E-state index contributed by atoms with van der Waals surface area (Å²) in [6.45, 7) is 2.73. The molecule has 0 aliphatic rings. The summed E-state index contributed by atoms with van der Waals surface area (Å²) in [5.74, 6) is 0. The first-order chi connectivity index (χ1) is 9.20. The van der Waals surface area contributed by atoms with E-state index < -0.39 is 0 Å². The van der Waals surface area contributed by atoms with Gasteiger partial charge in [-0.1, -0.05) is 19.1 Å². The lowest BCUT2D eigenvalue weighted by atomic mass is 10.0. The van der Waals surface area contributed by atoms with Gasteiger partial charge in [0.1, 0.15) is 0 Å². The zero-order valence-corrected chi connectivity index (χ0v) is 10.7. The van der Waals surface area contributed by atoms with Crippen LogP contribution in [0.5, 0.6) is 0 Å². The van der Waals surface area contributed by atoms with E-state index in [1.807, 2.05) is 19.2 Å². The SMILES string of the molecule is CCC(NCc1cn[nH]c1)c1cccc([N+](=O)[O-])c1. The molecule has 0 saturated carbocycles. The van der Waals surface area contributed by atoms with Crippen LogP contribution in [0.2, 0.25) is 0 Å². The van der Waals surface area contributed by atoms with Crippen molar-refractivity contribution in [1.82, 2.24) is 15.5 Å². The minimum atomic E-state index is -0.369. The molecule has 6 nitrogen and oxygen atoms in total. The Morgan fingerprint density at radius 1 is 1.53 bits per heavy atom. The number of aromatic amines is 1. The second-order valence-corrected chi connectivity index (χ2v) is 4.30. The summed E-state index contributed by atoms with van der Waals surface area (Å²) < 4.78 is 0. The van der Waals surface area contributed by atoms with Crippen LogP contribution in [-0.2, 0) is 6.54 Å². The molecule has 6 heteroatoms. The van der Waals surface area contributed by atoms with Crippen LogP contribution in [0.3, 0.4) is 0 Å². The lowest BCUT2D eigenvalue weighted by Crippen LogP contribution is -2.20. The molecule has 1 aromatic heterocycles. The molecule has 0 radical (unpaired) electrons. The number of hydrogen-bond acceptors (Lipinski definition) is 4. The van der Waals surface area contributed by atoms with Gasteiger partial charge in [0.2, 0.25) is 0 Å². The number of benzene rings is 1. The smallest absolute Gasteiger partial charge is 0.269 e. The van der Waals surface area contributed by atoms with Gasteiger partial charge in [-0.05, 0) is 12.0 Å². The second-order valence-electron chi connectivity index (χ2n) is 4.30. The predicted octanol–water partition coefficient (Wildman–Crippen LogP) is 2.56. The fourth-order valence-corrected chi connectivity index (χ4v) is 1.97. The van der Waals surface area contributed by atoms with E-state index in [4.69, 9.17) is 0 Å². The number of rotatable bonds is 6. The van der Waals surface area contributed by atoms with E-state index in [0.717, 1.165) is 17.5 Å². The van der Waals surface area contributed by atoms with Crippen molar-refractivity contribution in [1.29, 1.82) is 0 Å². The van der Waals surface area contributed by atoms with E-state index >= 15 is 0 Å². The molecule has 0 amide bonds. The van der Waals surface area contributed by atoms with Gasteiger partial charge in [0.15, 0.2) is 0 Å². The van der Waals surface area contributed by atoms with E-state index in [1.165, 1.54) is 6.07 Å². The van der Waals surface area contributed by atoms with Gasteiger partial charge in [-0.2, -0.15) is 5.10 Å². The van der Waals surface area contributed by atoms with E-state index in [-0.39, 0.29) is 16.7 Å². The topological polar surface area (TPSA) is 83.8 Å². The molecule has 1 atom stereocenters. The van der Waals surface area contributed by atoms with Gasteiger partial charge in [0.25, 0.3) is 5.69 Å². The first-order valence-electron chi connectivity index (χ1n) is 6.16. The first kappa shape index (κ1) is 13.2. The van der Waals surface area contributed by atoms with Crippen LogP contribution in [-0.4, -0.2) is 15.1 Å². The van der Waals surface area contributed by atoms with Crippen LogP contribution in [0, 0.1) is 10.1 Å². The Bertz CT molecular complexity index is 539. The summed E-state index contributed by atoms with van der Waals surface area (Å²) in [6.07, 6.45) is 4.44. The number of nitrogens with one attached hydrogen (secondary N) is 2. The zero-order valence-electron chi connectivity index (χ0n) is 10.7. The van der Waals surface area contributed by atoms with E-state index in [9.17, 15) is 10.1 Å². The predicted molar refractivity (Wildman–Crippen MR) is 71.6 cm³/mol. The molecule has 19 heavy (non-hydrogen) atoms. The maximum atomic E-state index is 10.8. The Kier molecular flexibility index (Phi) is 4.25. The molecule has 0 fully saturated rings. The highest BCUT2D eigenvalue weighted by atomic mass is 16.6. The monoisotopic (exact) mass is 260 g/mol. The van der Waals surface area contributed by atoms with Gasteiger partial charge < -0.3 is 5.32 Å². The number of H-pyrrole nitrogens is 1. The third-order valence-electron chi connectivity index (χ3n) is 3.00. The zero-order chi connectivity index (χ0) is 13.7. The maximum absolute atomic E-state index is 10.8. The van der Waals surface area contributed by atoms with Gasteiger partial charge in [-0.3, -0.25) is 15.2 Å². The summed E-state index contributed by atoms with van der Waals surface area (Å²) in [4.78, 5) is 10.4. The Hall–Kier alpha value is -2.21. The Morgan fingerprint density at radius 2 is 2.37 bits per heavy atom. The molecule has 0 bridgehead atoms. The molecule has 100 valence electrons. The van der Waals surface area contributed by atoms with Crippen LogP contribution in [0.1, 0.15) is 30.5 Å². The van der Waals surface area contributed by atoms with Crippen molar-refractivity contribution in [2.75, 3.05) is 0 Å². The number of non-ortho nitro benzene ring substituents is 1. The van der Waals surface area contributed by atoms with Crippen molar-refractivity contribution in [3.8, 4) is 0 Å². The van der Waals surface area contributed by atoms with Gasteiger partial charge >= 0.3 is 0 Å². The molecule has 1 heterocycles. The van der Waals surface area contributed by atoms with E-state index in [1.54, 1.807) is 18.3 Å². The fourth-order valence-electron chi connectivity index (χ4n) is 1.97. The maximum Gasteiger partial charge on any atom is 0.269 e. The van der Waals surface area contributed by atoms with Gasteiger partial charge in [0, 0.05) is 36.5 Å². The van der Waals surface area contributed by atoms with Crippen LogP contribution in [0.25, 0.3) is 0 Å². The average Bonchev–Trinajstić information content (AvgIpc) is 2.93. The summed E-state index contributed by atoms with van der Waals surface area (Å²) >= 11 is 0. The second kappa shape index (κ2) is 6.10. The largest absolute Gasteiger partial charge is 0.306 e. The van der Waals surface area contributed by atoms with Crippen molar-refractivity contribution >= 4 is 5.69 Å². The Morgan fingerprint density at radius 3 is 3.00 bits per heavy atom. The van der Waals surface area contributed by atoms with Crippen LogP contribution < -0.4 is 5.32 Å². The van der Waals surface area contributed by atoms with Crippen molar-refractivity contribution in [2.45, 2.75) is 25.9 Å². The van der Waals surface area contributed by atoms with Crippen molar-refractivity contribution in [3.05, 3.63) is 57.9 Å². The van der Waals surface area contributed by atoms with Gasteiger partial charge in [-0.25, -0.2) is 0 Å². The highest BCUT2D eigenvalue weighted by Gasteiger charge is 2.13. The number of aromatic nitrogens is 2. The normalized spacial score (nSPS) is 12.3. The molecular formula is C13H16N4O2. The molecular weight excluding hydrogens is 244 g/mol. The summed E-state index contributed by atoms with van der Waals surface area (Å²) in [7, 11) is 0. The minimum absolute atomic E-state index is 0.0924. The number of hydrogen-bond donors (Lipinski definition) is 2. The molecule has 0 aliphatic heterocycles. The molecule has 1 unspecified atom stereocenters. The van der Waals surface area contributed by atoms with Crippen molar-refractivity contribution in [3.63, 3.8) is 0 Å². The number of nitro groups is 1. The lowest BCUT2D eigenvalue weighted by Gasteiger charge is -2.16. The molecule has 0 aliphatic carbocycles. The summed E-state index contributed by atoms with van der Waals surface area (Å²) in [6, 6.07) is 6.84. The summed E-state index contributed by atoms with van der Waals surface area (Å²) in [5.41, 5.74) is 2.12. The van der Waals surface area contributed by atoms with Crippen LogP contribution in [0.15, 0.2) is 36.7 Å². The molecule has 0 spiro atoms. The average molecular weight is 260 g/mol. The van der Waals surface area contributed by atoms with Gasteiger partial charge in [-0.15, -0.1) is 0 Å². The fraction of sp³-hybridized carbons (Fsp3) is 0.308. The molecule has 1 aromatic carbocycles. The van der Waals surface area contributed by atoms with E-state index in [2.05, 4.69) is 15.5 Å². The molecule has 2 rings (SSSR count). The van der Waals surface area contributed by atoms with Crippen LogP contribution >= 0.6 is 0 Å². The third-order valence-corrected chi connectivity index (χ3v) is 3.00. The van der Waals surface area contributed by atoms with Crippen molar-refractivity contribution in [2.24, 2.45) is 0 Å². The highest BCUT2D eigenvalue weighted by Crippen LogP contribution is 2.21. The third kappa shape index (κ3) is 3.38. The molecule has 2 N–H and O–H groups in total. The van der Waals surface area contributed by atoms with Crippen LogP contribution in [0.4, 0.5) is 5.69 Å². The standard InChI is InChI=1S/C13H16N4O2/c1-2-13(14-7-10-8-15-16-9-10)11-4-3-5-12(6-11)17(18)19/h3-6,8-9,13-14H,2,7H2,1H3,(H,15,16). The number of nitro benzene ring substituents is 1. The van der Waals surface area contributed by atoms with Gasteiger partial charge in [0.05, 0.1) is 11.1 Å². The lowest BCUT2D eigenvalue weighted by molar-refractivity contribution is -0.384. The highest BCUT2D eigenvalue weighted by molar-refractivity contribution is 5.35. The Labute approximate surface area is 111 Å². The molecule has 0 saturated heterocycles. The number of nitrogens with zero attached hydrogens (tertiary/aromatic N) is 2. The molecule has 2 aromatic rings. The first-order valence-corrected chi connectivity index (χ1v) is 6.16. The quantitative estimate of drug-likeness (QED) is 0.617. The van der Waals surface area contributed by atoms with E-state index in [0.29, 0.717) is 6.54 Å².